The van der Waals surface area contributed by atoms with Crippen LogP contribution in [0.5, 0.6) is 5.75 Å². The van der Waals surface area contributed by atoms with E-state index in [0.29, 0.717) is 30.7 Å². The van der Waals surface area contributed by atoms with E-state index in [1.807, 2.05) is 60.7 Å². The number of halogens is 1. The number of aromatic hydroxyl groups is 1. The number of allylic oxidation sites excluding steroid dienone is 1. The first-order valence-electron chi connectivity index (χ1n) is 9.76. The van der Waals surface area contributed by atoms with E-state index in [0.717, 1.165) is 22.4 Å². The molecule has 3 aromatic rings. The molecule has 1 aliphatic heterocycles. The Morgan fingerprint density at radius 1 is 1.03 bits per heavy atom. The van der Waals surface area contributed by atoms with Crippen molar-refractivity contribution < 1.29 is 14.3 Å². The number of phenols is 1. The number of aliphatic imine (C=N–C) groups is 1. The van der Waals surface area contributed by atoms with Gasteiger partial charge in [0.1, 0.15) is 11.6 Å². The summed E-state index contributed by atoms with van der Waals surface area (Å²) in [6.07, 6.45) is 2.97. The standard InChI is InChI=1S/C25H21FN2O2/c26-20-9-12-24(29)22(15-20)23-14-19(16-27-23)18-7-10-21(11-8-18)28-25(30)13-6-17-4-2-1-3-5-17/h1-5,7-12,14-15,29H,6,13,16H2,(H,28,30). The van der Waals surface area contributed by atoms with Gasteiger partial charge in [-0.2, -0.15) is 0 Å². The molecule has 5 heteroatoms. The Labute approximate surface area is 174 Å². The monoisotopic (exact) mass is 400 g/mol. The molecule has 150 valence electrons. The average molecular weight is 400 g/mol. The lowest BCUT2D eigenvalue weighted by Gasteiger charge is -2.07. The van der Waals surface area contributed by atoms with Crippen molar-refractivity contribution in [3.63, 3.8) is 0 Å². The summed E-state index contributed by atoms with van der Waals surface area (Å²) in [5.41, 5.74) is 4.74. The highest BCUT2D eigenvalue weighted by molar-refractivity contribution is 6.16. The van der Waals surface area contributed by atoms with E-state index in [1.54, 1.807) is 0 Å². The highest BCUT2D eigenvalue weighted by atomic mass is 19.1. The maximum absolute atomic E-state index is 13.5. The Balaban J connectivity index is 1.38. The molecule has 0 fully saturated rings. The van der Waals surface area contributed by atoms with E-state index in [1.165, 1.54) is 18.2 Å². The molecule has 0 bridgehead atoms. The van der Waals surface area contributed by atoms with Crippen LogP contribution in [0, 0.1) is 5.82 Å². The number of hydrogen-bond acceptors (Lipinski definition) is 3. The number of phenolic OH excluding ortho intramolecular Hbond substituents is 1. The van der Waals surface area contributed by atoms with Crippen LogP contribution in [0.1, 0.15) is 23.1 Å². The minimum atomic E-state index is -0.417. The van der Waals surface area contributed by atoms with Crippen molar-refractivity contribution in [2.75, 3.05) is 11.9 Å². The Bertz CT molecular complexity index is 1120. The van der Waals surface area contributed by atoms with E-state index in [9.17, 15) is 14.3 Å². The lowest BCUT2D eigenvalue weighted by atomic mass is 10.0. The van der Waals surface area contributed by atoms with E-state index < -0.39 is 5.82 Å². The Morgan fingerprint density at radius 3 is 2.57 bits per heavy atom. The van der Waals surface area contributed by atoms with Gasteiger partial charge in [0.2, 0.25) is 5.91 Å². The number of carbonyl (C=O) groups is 1. The van der Waals surface area contributed by atoms with Gasteiger partial charge in [-0.05, 0) is 59.5 Å². The topological polar surface area (TPSA) is 61.7 Å². The van der Waals surface area contributed by atoms with Crippen LogP contribution in [0.3, 0.4) is 0 Å². The van der Waals surface area contributed by atoms with Gasteiger partial charge >= 0.3 is 0 Å². The number of nitrogens with one attached hydrogen (secondary N) is 1. The molecule has 2 N–H and O–H groups in total. The molecule has 0 radical (unpaired) electrons. The van der Waals surface area contributed by atoms with Crippen molar-refractivity contribution in [3.8, 4) is 5.75 Å². The molecule has 1 amide bonds. The minimum Gasteiger partial charge on any atom is -0.507 e. The smallest absolute Gasteiger partial charge is 0.224 e. The van der Waals surface area contributed by atoms with E-state index in [4.69, 9.17) is 0 Å². The first-order valence-corrected chi connectivity index (χ1v) is 9.76. The zero-order chi connectivity index (χ0) is 20.9. The van der Waals surface area contributed by atoms with Crippen molar-refractivity contribution in [3.05, 3.63) is 101 Å². The number of benzene rings is 3. The summed E-state index contributed by atoms with van der Waals surface area (Å²) >= 11 is 0. The first kappa shape index (κ1) is 19.6. The summed E-state index contributed by atoms with van der Waals surface area (Å²) < 4.78 is 13.5. The molecule has 0 spiro atoms. The molecule has 0 atom stereocenters. The zero-order valence-corrected chi connectivity index (χ0v) is 16.3. The first-order chi connectivity index (χ1) is 14.6. The SMILES string of the molecule is O=C(CCc1ccccc1)Nc1ccc(C2=CC(c3cc(F)ccc3O)=NC2)cc1. The van der Waals surface area contributed by atoms with Crippen LogP contribution < -0.4 is 5.32 Å². The van der Waals surface area contributed by atoms with Crippen LogP contribution in [-0.2, 0) is 11.2 Å². The summed E-state index contributed by atoms with van der Waals surface area (Å²) in [4.78, 5) is 16.6. The lowest BCUT2D eigenvalue weighted by molar-refractivity contribution is -0.116. The maximum Gasteiger partial charge on any atom is 0.224 e. The van der Waals surface area contributed by atoms with Crippen LogP contribution in [0.4, 0.5) is 10.1 Å². The predicted octanol–water partition coefficient (Wildman–Crippen LogP) is 4.99. The normalized spacial score (nSPS) is 13.0. The maximum atomic E-state index is 13.5. The van der Waals surface area contributed by atoms with Crippen LogP contribution in [0.25, 0.3) is 5.57 Å². The van der Waals surface area contributed by atoms with Gasteiger partial charge in [-0.15, -0.1) is 0 Å². The molecule has 4 nitrogen and oxygen atoms in total. The van der Waals surface area contributed by atoms with Crippen LogP contribution in [0.15, 0.2) is 83.9 Å². The van der Waals surface area contributed by atoms with Gasteiger partial charge < -0.3 is 10.4 Å². The number of amides is 1. The van der Waals surface area contributed by atoms with Gasteiger partial charge in [0.15, 0.2) is 0 Å². The Hall–Kier alpha value is -3.73. The summed E-state index contributed by atoms with van der Waals surface area (Å²) in [5.74, 6) is -0.445. The molecule has 1 heterocycles. The number of anilines is 1. The van der Waals surface area contributed by atoms with E-state index >= 15 is 0 Å². The molecule has 0 unspecified atom stereocenters. The summed E-state index contributed by atoms with van der Waals surface area (Å²) in [5, 5.41) is 12.9. The fourth-order valence-electron chi connectivity index (χ4n) is 3.37. The summed E-state index contributed by atoms with van der Waals surface area (Å²) in [6, 6.07) is 21.3. The minimum absolute atomic E-state index is 0.00112. The second-order valence-electron chi connectivity index (χ2n) is 7.14. The van der Waals surface area contributed by atoms with Crippen molar-refractivity contribution in [2.45, 2.75) is 12.8 Å². The number of rotatable bonds is 6. The largest absolute Gasteiger partial charge is 0.507 e. The Morgan fingerprint density at radius 2 is 1.80 bits per heavy atom. The number of aryl methyl sites for hydroxylation is 1. The van der Waals surface area contributed by atoms with Gasteiger partial charge in [0.05, 0.1) is 12.3 Å². The quantitative estimate of drug-likeness (QED) is 0.612. The molecule has 1 aliphatic rings. The van der Waals surface area contributed by atoms with Crippen LogP contribution >= 0.6 is 0 Å². The molecule has 4 rings (SSSR count). The van der Waals surface area contributed by atoms with Crippen LogP contribution in [-0.4, -0.2) is 23.3 Å². The summed E-state index contributed by atoms with van der Waals surface area (Å²) in [7, 11) is 0. The molecule has 0 saturated heterocycles. The van der Waals surface area contributed by atoms with Gasteiger partial charge in [0, 0.05) is 17.7 Å². The second-order valence-corrected chi connectivity index (χ2v) is 7.14. The van der Waals surface area contributed by atoms with Crippen molar-refractivity contribution in [2.24, 2.45) is 4.99 Å². The van der Waals surface area contributed by atoms with E-state index in [-0.39, 0.29) is 11.7 Å². The highest BCUT2D eigenvalue weighted by Gasteiger charge is 2.15. The molecular weight excluding hydrogens is 379 g/mol. The predicted molar refractivity (Wildman–Crippen MR) is 117 cm³/mol. The molecular formula is C25H21FN2O2. The van der Waals surface area contributed by atoms with Crippen LogP contribution in [0.2, 0.25) is 0 Å². The van der Waals surface area contributed by atoms with Crippen molar-refractivity contribution >= 4 is 22.9 Å². The molecule has 0 aromatic heterocycles. The highest BCUT2D eigenvalue weighted by Crippen LogP contribution is 2.27. The molecule has 30 heavy (non-hydrogen) atoms. The van der Waals surface area contributed by atoms with Gasteiger partial charge in [-0.3, -0.25) is 9.79 Å². The Kier molecular flexibility index (Phi) is 5.70. The molecule has 0 saturated carbocycles. The average Bonchev–Trinajstić information content (AvgIpc) is 3.25. The van der Waals surface area contributed by atoms with Gasteiger partial charge in [-0.25, -0.2) is 4.39 Å². The third-order valence-corrected chi connectivity index (χ3v) is 4.99. The third kappa shape index (κ3) is 4.63. The third-order valence-electron chi connectivity index (χ3n) is 4.99. The molecule has 0 aliphatic carbocycles. The number of hydrogen-bond donors (Lipinski definition) is 2. The molecule has 3 aromatic carbocycles. The van der Waals surface area contributed by atoms with E-state index in [2.05, 4.69) is 10.3 Å². The summed E-state index contributed by atoms with van der Waals surface area (Å²) in [6.45, 7) is 0.452. The zero-order valence-electron chi connectivity index (χ0n) is 16.3. The van der Waals surface area contributed by atoms with Gasteiger partial charge in [-0.1, -0.05) is 42.5 Å². The fraction of sp³-hybridized carbons (Fsp3) is 0.120. The lowest BCUT2D eigenvalue weighted by Crippen LogP contribution is -2.12. The van der Waals surface area contributed by atoms with Crippen molar-refractivity contribution in [1.29, 1.82) is 0 Å². The second kappa shape index (κ2) is 8.74. The van der Waals surface area contributed by atoms with Crippen molar-refractivity contribution in [1.82, 2.24) is 0 Å². The van der Waals surface area contributed by atoms with Gasteiger partial charge in [0.25, 0.3) is 0 Å². The number of nitrogens with zero attached hydrogens (tertiary/aromatic N) is 1. The number of carbonyl (C=O) groups excluding carboxylic acids is 1. The fourth-order valence-corrected chi connectivity index (χ4v) is 3.37.